The van der Waals surface area contributed by atoms with Crippen LogP contribution in [0.5, 0.6) is 0 Å². The maximum atomic E-state index is 13.1. The predicted octanol–water partition coefficient (Wildman–Crippen LogP) is 2.72. The molecule has 2 aliphatic heterocycles. The molecule has 5 heteroatoms. The monoisotopic (exact) mass is 319 g/mol. The fourth-order valence-corrected chi connectivity index (χ4v) is 3.43. The van der Waals surface area contributed by atoms with Crippen molar-refractivity contribution < 1.29 is 19.0 Å². The smallest absolute Gasteiger partial charge is 0.283 e. The average molecular weight is 319 g/mol. The van der Waals surface area contributed by atoms with E-state index in [0.717, 1.165) is 12.0 Å². The van der Waals surface area contributed by atoms with Crippen molar-refractivity contribution in [1.29, 1.82) is 0 Å². The van der Waals surface area contributed by atoms with Crippen molar-refractivity contribution in [3.63, 3.8) is 0 Å². The lowest BCUT2D eigenvalue weighted by atomic mass is 9.76. The van der Waals surface area contributed by atoms with E-state index in [1.54, 1.807) is 4.90 Å². The van der Waals surface area contributed by atoms with Crippen LogP contribution < -0.4 is 0 Å². The van der Waals surface area contributed by atoms with Crippen LogP contribution in [0.25, 0.3) is 0 Å². The molecule has 0 unspecified atom stereocenters. The van der Waals surface area contributed by atoms with E-state index in [4.69, 9.17) is 14.2 Å². The summed E-state index contributed by atoms with van der Waals surface area (Å²) in [5, 5.41) is 0. The van der Waals surface area contributed by atoms with Crippen molar-refractivity contribution in [2.45, 2.75) is 45.1 Å². The second-order valence-corrected chi connectivity index (χ2v) is 6.75. The van der Waals surface area contributed by atoms with Gasteiger partial charge in [0.05, 0.1) is 18.1 Å². The van der Waals surface area contributed by atoms with E-state index < -0.39 is 11.2 Å². The lowest BCUT2D eigenvalue weighted by Gasteiger charge is -2.55. The van der Waals surface area contributed by atoms with Crippen molar-refractivity contribution in [3.8, 4) is 0 Å². The molecule has 0 saturated carbocycles. The first-order valence-corrected chi connectivity index (χ1v) is 8.17. The van der Waals surface area contributed by atoms with Crippen LogP contribution in [0.4, 0.5) is 0 Å². The molecule has 1 amide bonds. The Balaban J connectivity index is 2.05. The number of carbonyl (C=O) groups is 1. The molecule has 2 aliphatic rings. The molecule has 5 nitrogen and oxygen atoms in total. The lowest BCUT2D eigenvalue weighted by molar-refractivity contribution is -0.377. The van der Waals surface area contributed by atoms with E-state index in [-0.39, 0.29) is 24.8 Å². The molecule has 2 saturated heterocycles. The topological polar surface area (TPSA) is 48.0 Å². The largest absolute Gasteiger partial charge is 0.354 e. The molecule has 3 rings (SSSR count). The number of hydrogen-bond acceptors (Lipinski definition) is 4. The van der Waals surface area contributed by atoms with Crippen LogP contribution in [0.3, 0.4) is 0 Å². The number of amides is 1. The number of benzene rings is 1. The van der Waals surface area contributed by atoms with Gasteiger partial charge in [0.1, 0.15) is 6.10 Å². The highest BCUT2D eigenvalue weighted by atomic mass is 16.8. The van der Waals surface area contributed by atoms with Gasteiger partial charge in [-0.1, -0.05) is 44.2 Å². The second kappa shape index (κ2) is 5.89. The molecule has 1 spiro atoms. The van der Waals surface area contributed by atoms with Gasteiger partial charge in [0, 0.05) is 7.05 Å². The zero-order valence-electron chi connectivity index (χ0n) is 14.2. The van der Waals surface area contributed by atoms with Gasteiger partial charge < -0.3 is 19.1 Å². The Hall–Kier alpha value is -1.43. The van der Waals surface area contributed by atoms with Crippen molar-refractivity contribution in [2.24, 2.45) is 5.41 Å². The van der Waals surface area contributed by atoms with Crippen LogP contribution in [0.15, 0.2) is 30.3 Å². The minimum Gasteiger partial charge on any atom is -0.354 e. The maximum absolute atomic E-state index is 13.1. The lowest BCUT2D eigenvalue weighted by Crippen LogP contribution is -2.69. The summed E-state index contributed by atoms with van der Waals surface area (Å²) in [6.07, 6.45) is 0.491. The van der Waals surface area contributed by atoms with Gasteiger partial charge in [0.15, 0.2) is 6.79 Å². The first kappa shape index (κ1) is 16.4. The first-order chi connectivity index (χ1) is 11.0. The Bertz CT molecular complexity index is 578. The minimum absolute atomic E-state index is 0.0666. The highest BCUT2D eigenvalue weighted by Gasteiger charge is 2.63. The van der Waals surface area contributed by atoms with Gasteiger partial charge in [-0.3, -0.25) is 4.79 Å². The van der Waals surface area contributed by atoms with Gasteiger partial charge in [-0.25, -0.2) is 0 Å². The van der Waals surface area contributed by atoms with Crippen molar-refractivity contribution >= 4 is 5.91 Å². The number of morpholine rings is 1. The molecule has 2 heterocycles. The van der Waals surface area contributed by atoms with Crippen LogP contribution in [0, 0.1) is 5.41 Å². The summed E-state index contributed by atoms with van der Waals surface area (Å²) < 4.78 is 17.8. The van der Waals surface area contributed by atoms with Crippen LogP contribution >= 0.6 is 0 Å². The number of likely N-dealkylation sites (N-methyl/N-ethyl adjacent to an activating group) is 1. The van der Waals surface area contributed by atoms with Crippen molar-refractivity contribution in [2.75, 3.05) is 20.4 Å². The average Bonchev–Trinajstić information content (AvgIpc) is 2.59. The van der Waals surface area contributed by atoms with Crippen molar-refractivity contribution in [1.82, 2.24) is 4.90 Å². The molecule has 0 aromatic heterocycles. The third-order valence-corrected chi connectivity index (χ3v) is 5.41. The fraction of sp³-hybridized carbons (Fsp3) is 0.611. The normalized spacial score (nSPS) is 38.1. The molecular formula is C18H25NO4. The predicted molar refractivity (Wildman–Crippen MR) is 85.5 cm³/mol. The van der Waals surface area contributed by atoms with Gasteiger partial charge in [-0.2, -0.15) is 0 Å². The molecule has 2 fully saturated rings. The molecule has 0 bridgehead atoms. The van der Waals surface area contributed by atoms with Gasteiger partial charge in [-0.15, -0.1) is 0 Å². The number of ether oxygens (including phenoxy) is 3. The Morgan fingerprint density at radius 3 is 2.65 bits per heavy atom. The maximum Gasteiger partial charge on any atom is 0.283 e. The number of rotatable bonds is 2. The number of hydrogen-bond donors (Lipinski definition) is 0. The standard InChI is InChI=1S/C18H25NO4/c1-5-17(3)11-21-12-22-18(17)16(20)19(4)13(2)15(23-18)14-9-7-6-8-10-14/h6-10,13,15H,5,11-12H2,1-4H3/t13-,15-,17+,18+/m0/s1. The summed E-state index contributed by atoms with van der Waals surface area (Å²) in [5.41, 5.74) is 0.524. The minimum atomic E-state index is -1.29. The SMILES string of the molecule is CC[C@]1(C)COCO[C@]12O[C@H](c1ccccc1)[C@H](C)N(C)C2=O. The van der Waals surface area contributed by atoms with Gasteiger partial charge in [0.25, 0.3) is 11.7 Å². The van der Waals surface area contributed by atoms with Crippen LogP contribution in [0.1, 0.15) is 38.9 Å². The summed E-state index contributed by atoms with van der Waals surface area (Å²) >= 11 is 0. The third-order valence-electron chi connectivity index (χ3n) is 5.41. The molecule has 1 aromatic carbocycles. The highest BCUT2D eigenvalue weighted by molar-refractivity contribution is 5.86. The second-order valence-electron chi connectivity index (χ2n) is 6.75. The molecule has 126 valence electrons. The molecule has 23 heavy (non-hydrogen) atoms. The fourth-order valence-electron chi connectivity index (χ4n) is 3.43. The number of nitrogens with zero attached hydrogens (tertiary/aromatic N) is 1. The van der Waals surface area contributed by atoms with Gasteiger partial charge >= 0.3 is 0 Å². The molecule has 0 radical (unpaired) electrons. The molecule has 0 aliphatic carbocycles. The number of carbonyl (C=O) groups excluding carboxylic acids is 1. The Labute approximate surface area is 137 Å². The van der Waals surface area contributed by atoms with E-state index in [9.17, 15) is 4.79 Å². The van der Waals surface area contributed by atoms with E-state index in [1.807, 2.05) is 58.2 Å². The van der Waals surface area contributed by atoms with Crippen molar-refractivity contribution in [3.05, 3.63) is 35.9 Å². The summed E-state index contributed by atoms with van der Waals surface area (Å²) in [6, 6.07) is 9.94. The van der Waals surface area contributed by atoms with Crippen LogP contribution in [-0.4, -0.2) is 43.1 Å². The third kappa shape index (κ3) is 2.38. The summed E-state index contributed by atoms with van der Waals surface area (Å²) in [5.74, 6) is -1.41. The van der Waals surface area contributed by atoms with E-state index in [2.05, 4.69) is 0 Å². The molecular weight excluding hydrogens is 294 g/mol. The summed E-state index contributed by atoms with van der Waals surface area (Å²) in [7, 11) is 1.82. The zero-order chi connectivity index (χ0) is 16.7. The highest BCUT2D eigenvalue weighted by Crippen LogP contribution is 2.49. The summed E-state index contributed by atoms with van der Waals surface area (Å²) in [4.78, 5) is 14.8. The van der Waals surface area contributed by atoms with Crippen LogP contribution in [-0.2, 0) is 19.0 Å². The Morgan fingerprint density at radius 1 is 1.30 bits per heavy atom. The molecule has 1 aromatic rings. The van der Waals surface area contributed by atoms with E-state index in [0.29, 0.717) is 6.61 Å². The molecule has 0 N–H and O–H groups in total. The van der Waals surface area contributed by atoms with Gasteiger partial charge in [0.2, 0.25) is 0 Å². The Kier molecular flexibility index (Phi) is 4.21. The molecule has 4 atom stereocenters. The van der Waals surface area contributed by atoms with Gasteiger partial charge in [-0.05, 0) is 18.9 Å². The first-order valence-electron chi connectivity index (χ1n) is 8.17. The van der Waals surface area contributed by atoms with E-state index >= 15 is 0 Å². The summed E-state index contributed by atoms with van der Waals surface area (Å²) in [6.45, 7) is 6.55. The quantitative estimate of drug-likeness (QED) is 0.841. The van der Waals surface area contributed by atoms with Crippen LogP contribution in [0.2, 0.25) is 0 Å². The zero-order valence-corrected chi connectivity index (χ0v) is 14.2. The Morgan fingerprint density at radius 2 is 2.00 bits per heavy atom. The van der Waals surface area contributed by atoms with E-state index in [1.165, 1.54) is 0 Å².